The van der Waals surface area contributed by atoms with E-state index in [1.165, 1.54) is 26.1 Å². The minimum absolute atomic E-state index is 0.222. The van der Waals surface area contributed by atoms with Crippen molar-refractivity contribution in [3.8, 4) is 0 Å². The molecular weight excluding hydrogens is 202 g/mol. The van der Waals surface area contributed by atoms with Crippen molar-refractivity contribution in [3.63, 3.8) is 0 Å². The number of hydrogen-bond acceptors (Lipinski definition) is 4. The minimum atomic E-state index is 0.222. The largest absolute Gasteiger partial charge is 0.380 e. The van der Waals surface area contributed by atoms with Gasteiger partial charge in [-0.1, -0.05) is 6.92 Å². The van der Waals surface area contributed by atoms with Gasteiger partial charge >= 0.3 is 0 Å². The highest BCUT2D eigenvalue weighted by Crippen LogP contribution is 2.11. The van der Waals surface area contributed by atoms with Crippen LogP contribution >= 0.6 is 0 Å². The highest BCUT2D eigenvalue weighted by atomic mass is 16.5. The van der Waals surface area contributed by atoms with Crippen LogP contribution in [-0.4, -0.2) is 68.8 Å². The lowest BCUT2D eigenvalue weighted by Gasteiger charge is -2.39. The number of rotatable bonds is 6. The monoisotopic (exact) mass is 229 g/mol. The van der Waals surface area contributed by atoms with Gasteiger partial charge in [0, 0.05) is 45.9 Å². The summed E-state index contributed by atoms with van der Waals surface area (Å²) in [6, 6.07) is 0.715. The van der Waals surface area contributed by atoms with E-state index in [0.29, 0.717) is 12.6 Å². The molecule has 2 N–H and O–H groups in total. The van der Waals surface area contributed by atoms with E-state index in [1.807, 2.05) is 0 Å². The van der Waals surface area contributed by atoms with Crippen LogP contribution in [0.1, 0.15) is 19.8 Å². The van der Waals surface area contributed by atoms with Gasteiger partial charge in [0.05, 0.1) is 6.10 Å². The molecule has 1 heterocycles. The summed E-state index contributed by atoms with van der Waals surface area (Å²) < 4.78 is 5.30. The summed E-state index contributed by atoms with van der Waals surface area (Å²) in [7, 11) is 3.97. The van der Waals surface area contributed by atoms with Gasteiger partial charge in [-0.05, 0) is 19.9 Å². The van der Waals surface area contributed by atoms with Gasteiger partial charge in [-0.25, -0.2) is 0 Å². The lowest BCUT2D eigenvalue weighted by Crippen LogP contribution is -2.51. The zero-order valence-electron chi connectivity index (χ0n) is 11.0. The fourth-order valence-electron chi connectivity index (χ4n) is 2.31. The molecule has 1 rings (SSSR count). The van der Waals surface area contributed by atoms with E-state index in [4.69, 9.17) is 10.5 Å². The number of piperazine rings is 1. The van der Waals surface area contributed by atoms with Crippen LogP contribution in [0.25, 0.3) is 0 Å². The molecule has 0 amide bonds. The molecule has 0 aromatic heterocycles. The van der Waals surface area contributed by atoms with Gasteiger partial charge in [0.15, 0.2) is 0 Å². The molecule has 1 aliphatic heterocycles. The minimum Gasteiger partial charge on any atom is -0.380 e. The van der Waals surface area contributed by atoms with E-state index < -0.39 is 0 Å². The molecule has 1 aliphatic rings. The number of nitrogens with zero attached hydrogens (tertiary/aromatic N) is 2. The predicted octanol–water partition coefficient (Wildman–Crippen LogP) is 0.376. The second-order valence-corrected chi connectivity index (χ2v) is 4.73. The quantitative estimate of drug-likeness (QED) is 0.715. The molecular formula is C12H27N3O. The van der Waals surface area contributed by atoms with E-state index in [1.54, 1.807) is 7.11 Å². The first-order valence-corrected chi connectivity index (χ1v) is 6.36. The maximum absolute atomic E-state index is 5.62. The van der Waals surface area contributed by atoms with Gasteiger partial charge in [-0.3, -0.25) is 0 Å². The Labute approximate surface area is 99.7 Å². The van der Waals surface area contributed by atoms with Crippen LogP contribution < -0.4 is 5.73 Å². The highest BCUT2D eigenvalue weighted by Gasteiger charge is 2.22. The third kappa shape index (κ3) is 4.01. The summed E-state index contributed by atoms with van der Waals surface area (Å²) in [5.41, 5.74) is 5.62. The first kappa shape index (κ1) is 13.9. The summed E-state index contributed by atoms with van der Waals surface area (Å²) >= 11 is 0. The van der Waals surface area contributed by atoms with Gasteiger partial charge in [-0.15, -0.1) is 0 Å². The van der Waals surface area contributed by atoms with E-state index in [2.05, 4.69) is 23.8 Å². The molecule has 1 saturated heterocycles. The molecule has 2 unspecified atom stereocenters. The van der Waals surface area contributed by atoms with Crippen LogP contribution in [0.15, 0.2) is 0 Å². The second kappa shape index (κ2) is 7.22. The lowest BCUT2D eigenvalue weighted by atomic mass is 10.1. The maximum atomic E-state index is 5.62. The Morgan fingerprint density at radius 1 is 1.44 bits per heavy atom. The van der Waals surface area contributed by atoms with E-state index in [9.17, 15) is 0 Å². The molecule has 0 spiro atoms. The number of hydrogen-bond donors (Lipinski definition) is 1. The van der Waals surface area contributed by atoms with Crippen LogP contribution in [0, 0.1) is 0 Å². The predicted molar refractivity (Wildman–Crippen MR) is 67.6 cm³/mol. The Kier molecular flexibility index (Phi) is 6.28. The fourth-order valence-corrected chi connectivity index (χ4v) is 2.31. The smallest absolute Gasteiger partial charge is 0.0705 e. The Bertz CT molecular complexity index is 185. The molecule has 0 aromatic rings. The van der Waals surface area contributed by atoms with Crippen LogP contribution in [-0.2, 0) is 4.74 Å². The third-order valence-electron chi connectivity index (χ3n) is 3.70. The van der Waals surface area contributed by atoms with Crippen molar-refractivity contribution >= 4 is 0 Å². The zero-order valence-corrected chi connectivity index (χ0v) is 11.0. The zero-order chi connectivity index (χ0) is 12.0. The van der Waals surface area contributed by atoms with E-state index >= 15 is 0 Å². The first-order valence-electron chi connectivity index (χ1n) is 6.36. The van der Waals surface area contributed by atoms with Gasteiger partial charge in [0.25, 0.3) is 0 Å². The lowest BCUT2D eigenvalue weighted by molar-refractivity contribution is 0.0605. The average Bonchev–Trinajstić information content (AvgIpc) is 2.32. The number of methoxy groups -OCH3 is 1. The Morgan fingerprint density at radius 2 is 2.19 bits per heavy atom. The summed E-state index contributed by atoms with van der Waals surface area (Å²) in [5.74, 6) is 0. The van der Waals surface area contributed by atoms with Gasteiger partial charge in [-0.2, -0.15) is 0 Å². The summed E-state index contributed by atoms with van der Waals surface area (Å²) in [6.07, 6.45) is 2.50. The van der Waals surface area contributed by atoms with Crippen molar-refractivity contribution in [1.82, 2.24) is 9.80 Å². The first-order chi connectivity index (χ1) is 7.71. The van der Waals surface area contributed by atoms with Crippen molar-refractivity contribution in [2.75, 3.05) is 46.9 Å². The van der Waals surface area contributed by atoms with Crippen LogP contribution in [0.3, 0.4) is 0 Å². The topological polar surface area (TPSA) is 41.7 Å². The van der Waals surface area contributed by atoms with Crippen molar-refractivity contribution in [2.45, 2.75) is 31.9 Å². The summed E-state index contributed by atoms with van der Waals surface area (Å²) in [6.45, 7) is 7.55. The molecule has 0 aliphatic carbocycles. The molecule has 2 atom stereocenters. The standard InChI is InChI=1S/C12H27N3O/c1-4-11-10-15(8-7-14(11)2)6-5-12(9-13)16-3/h11-12H,4-10,13H2,1-3H3. The van der Waals surface area contributed by atoms with Crippen LogP contribution in [0.5, 0.6) is 0 Å². The summed E-state index contributed by atoms with van der Waals surface area (Å²) in [4.78, 5) is 5.00. The average molecular weight is 229 g/mol. The van der Waals surface area contributed by atoms with E-state index in [-0.39, 0.29) is 6.10 Å². The van der Waals surface area contributed by atoms with Crippen molar-refractivity contribution in [1.29, 1.82) is 0 Å². The molecule has 1 fully saturated rings. The molecule has 16 heavy (non-hydrogen) atoms. The highest BCUT2D eigenvalue weighted by molar-refractivity contribution is 4.79. The van der Waals surface area contributed by atoms with Crippen molar-refractivity contribution in [3.05, 3.63) is 0 Å². The number of ether oxygens (including phenoxy) is 1. The number of likely N-dealkylation sites (N-methyl/N-ethyl adjacent to an activating group) is 1. The Balaban J connectivity index is 2.27. The van der Waals surface area contributed by atoms with Crippen molar-refractivity contribution < 1.29 is 4.74 Å². The van der Waals surface area contributed by atoms with E-state index in [0.717, 1.165) is 13.0 Å². The maximum Gasteiger partial charge on any atom is 0.0705 e. The van der Waals surface area contributed by atoms with Gasteiger partial charge < -0.3 is 20.3 Å². The van der Waals surface area contributed by atoms with Crippen LogP contribution in [0.4, 0.5) is 0 Å². The van der Waals surface area contributed by atoms with Crippen molar-refractivity contribution in [2.24, 2.45) is 5.73 Å². The van der Waals surface area contributed by atoms with Gasteiger partial charge in [0.2, 0.25) is 0 Å². The Morgan fingerprint density at radius 3 is 2.75 bits per heavy atom. The second-order valence-electron chi connectivity index (χ2n) is 4.73. The summed E-state index contributed by atoms with van der Waals surface area (Å²) in [5, 5.41) is 0. The van der Waals surface area contributed by atoms with Crippen LogP contribution in [0.2, 0.25) is 0 Å². The number of nitrogens with two attached hydrogens (primary N) is 1. The Hall–Kier alpha value is -0.160. The SMILES string of the molecule is CCC1CN(CCC(CN)OC)CCN1C. The molecule has 0 radical (unpaired) electrons. The molecule has 0 bridgehead atoms. The molecule has 0 saturated carbocycles. The molecule has 4 heteroatoms. The van der Waals surface area contributed by atoms with Gasteiger partial charge in [0.1, 0.15) is 0 Å². The normalized spacial score (nSPS) is 25.9. The molecule has 96 valence electrons. The third-order valence-corrected chi connectivity index (χ3v) is 3.70. The fraction of sp³-hybridized carbons (Fsp3) is 1.00. The molecule has 0 aromatic carbocycles. The molecule has 4 nitrogen and oxygen atoms in total.